The van der Waals surface area contributed by atoms with Crippen LogP contribution in [0.4, 0.5) is 0 Å². The molecule has 3 aliphatic heterocycles. The molecule has 1 aromatic rings. The molecule has 3 fully saturated rings. The second-order valence-electron chi connectivity index (χ2n) is 8.94. The summed E-state index contributed by atoms with van der Waals surface area (Å²) in [5.74, 6) is 2.57. The largest absolute Gasteiger partial charge is 0.493 e. The van der Waals surface area contributed by atoms with Crippen molar-refractivity contribution in [1.29, 1.82) is 0 Å². The molecular formula is C22H31N3O2. The summed E-state index contributed by atoms with van der Waals surface area (Å²) in [4.78, 5) is 20.6. The van der Waals surface area contributed by atoms with Crippen molar-refractivity contribution in [2.75, 3.05) is 52.9 Å². The van der Waals surface area contributed by atoms with E-state index < -0.39 is 0 Å². The third-order valence-corrected chi connectivity index (χ3v) is 6.95. The molecular weight excluding hydrogens is 338 g/mol. The van der Waals surface area contributed by atoms with Crippen molar-refractivity contribution in [3.8, 4) is 5.75 Å². The van der Waals surface area contributed by atoms with E-state index in [4.69, 9.17) is 4.74 Å². The first-order valence-electron chi connectivity index (χ1n) is 10.6. The number of amides is 1. The van der Waals surface area contributed by atoms with Crippen molar-refractivity contribution in [2.24, 2.45) is 17.8 Å². The van der Waals surface area contributed by atoms with Gasteiger partial charge in [0, 0.05) is 50.2 Å². The van der Waals surface area contributed by atoms with Gasteiger partial charge in [-0.1, -0.05) is 18.2 Å². The van der Waals surface area contributed by atoms with Crippen molar-refractivity contribution in [1.82, 2.24) is 14.7 Å². The maximum atomic E-state index is 13.5. The Hall–Kier alpha value is -1.59. The zero-order valence-corrected chi connectivity index (χ0v) is 16.3. The number of likely N-dealkylation sites (tertiary alicyclic amines) is 1. The lowest BCUT2D eigenvalue weighted by Gasteiger charge is -2.35. The van der Waals surface area contributed by atoms with Crippen LogP contribution in [0.5, 0.6) is 5.75 Å². The van der Waals surface area contributed by atoms with Crippen LogP contribution >= 0.6 is 0 Å². The van der Waals surface area contributed by atoms with Gasteiger partial charge in [0.1, 0.15) is 5.75 Å². The first-order chi connectivity index (χ1) is 13.2. The zero-order chi connectivity index (χ0) is 18.4. The number of carbonyl (C=O) groups excluding carboxylic acids is 1. The van der Waals surface area contributed by atoms with Gasteiger partial charge in [-0.2, -0.15) is 0 Å². The first-order valence-corrected chi connectivity index (χ1v) is 10.6. The Labute approximate surface area is 162 Å². The molecule has 5 nitrogen and oxygen atoms in total. The second kappa shape index (κ2) is 7.10. The van der Waals surface area contributed by atoms with E-state index in [2.05, 4.69) is 46.0 Å². The Balaban J connectivity index is 1.40. The molecule has 0 bridgehead atoms. The minimum atomic E-state index is 0.0745. The highest BCUT2D eigenvalue weighted by Crippen LogP contribution is 2.49. The highest BCUT2D eigenvalue weighted by Gasteiger charge is 2.50. The van der Waals surface area contributed by atoms with E-state index in [0.29, 0.717) is 18.6 Å². The van der Waals surface area contributed by atoms with Gasteiger partial charge in [-0.15, -0.1) is 0 Å². The minimum Gasteiger partial charge on any atom is -0.493 e. The monoisotopic (exact) mass is 369 g/mol. The molecule has 27 heavy (non-hydrogen) atoms. The molecule has 5 heteroatoms. The summed E-state index contributed by atoms with van der Waals surface area (Å²) in [6.07, 6.45) is 3.78. The quantitative estimate of drug-likeness (QED) is 0.819. The number of rotatable bonds is 3. The molecule has 3 atom stereocenters. The first kappa shape index (κ1) is 17.5. The third kappa shape index (κ3) is 3.36. The Kier molecular flexibility index (Phi) is 4.60. The summed E-state index contributed by atoms with van der Waals surface area (Å²) < 4.78 is 6.11. The topological polar surface area (TPSA) is 36.0 Å². The molecule has 3 heterocycles. The molecule has 0 spiro atoms. The van der Waals surface area contributed by atoms with Crippen molar-refractivity contribution >= 4 is 5.91 Å². The Bertz CT molecular complexity index is 705. The van der Waals surface area contributed by atoms with E-state index in [1.165, 1.54) is 18.4 Å². The summed E-state index contributed by atoms with van der Waals surface area (Å²) in [5, 5.41) is 0. The molecule has 4 aliphatic rings. The highest BCUT2D eigenvalue weighted by molar-refractivity contribution is 5.80. The van der Waals surface area contributed by atoms with E-state index in [-0.39, 0.29) is 11.8 Å². The SMILES string of the molecule is CN1CCCN(C(=O)[C@@H]2CN(CC3CC3)[C@H]3c4ccccc4OC[C@@H]23)CC1. The number of likely N-dealkylation sites (N-methyl/N-ethyl adjacent to an activating group) is 1. The maximum Gasteiger partial charge on any atom is 0.227 e. The lowest BCUT2D eigenvalue weighted by Crippen LogP contribution is -2.42. The van der Waals surface area contributed by atoms with Gasteiger partial charge in [-0.3, -0.25) is 9.69 Å². The summed E-state index contributed by atoms with van der Waals surface area (Å²) in [6.45, 7) is 6.55. The van der Waals surface area contributed by atoms with E-state index in [0.717, 1.165) is 57.4 Å². The second-order valence-corrected chi connectivity index (χ2v) is 8.94. The smallest absolute Gasteiger partial charge is 0.227 e. The normalized spacial score (nSPS) is 31.7. The van der Waals surface area contributed by atoms with Gasteiger partial charge >= 0.3 is 0 Å². The summed E-state index contributed by atoms with van der Waals surface area (Å²) in [7, 11) is 2.16. The van der Waals surface area contributed by atoms with Crippen LogP contribution in [0.15, 0.2) is 24.3 Å². The number of carbonyl (C=O) groups is 1. The molecule has 0 N–H and O–H groups in total. The maximum absolute atomic E-state index is 13.5. The third-order valence-electron chi connectivity index (χ3n) is 6.95. The predicted molar refractivity (Wildman–Crippen MR) is 105 cm³/mol. The lowest BCUT2D eigenvalue weighted by atomic mass is 9.84. The van der Waals surface area contributed by atoms with Gasteiger partial charge in [0.25, 0.3) is 0 Å². The molecule has 146 valence electrons. The Morgan fingerprint density at radius 1 is 1.15 bits per heavy atom. The molecule has 1 amide bonds. The van der Waals surface area contributed by atoms with Crippen molar-refractivity contribution in [3.63, 3.8) is 0 Å². The zero-order valence-electron chi connectivity index (χ0n) is 16.3. The van der Waals surface area contributed by atoms with E-state index in [1.807, 2.05) is 0 Å². The average molecular weight is 370 g/mol. The lowest BCUT2D eigenvalue weighted by molar-refractivity contribution is -0.136. The van der Waals surface area contributed by atoms with Gasteiger partial charge in [-0.05, 0) is 44.8 Å². The van der Waals surface area contributed by atoms with Crippen LogP contribution in [0.3, 0.4) is 0 Å². The molecule has 0 aromatic heterocycles. The molecule has 0 unspecified atom stereocenters. The predicted octanol–water partition coefficient (Wildman–Crippen LogP) is 2.24. The minimum absolute atomic E-state index is 0.0745. The number of para-hydroxylation sites is 1. The Morgan fingerprint density at radius 2 is 2.00 bits per heavy atom. The van der Waals surface area contributed by atoms with Gasteiger partial charge in [-0.25, -0.2) is 0 Å². The summed E-state index contributed by atoms with van der Waals surface area (Å²) in [6, 6.07) is 8.80. The number of nitrogens with zero attached hydrogens (tertiary/aromatic N) is 3. The standard InChI is InChI=1S/C22H31N3O2/c1-23-9-4-10-24(12-11-23)22(26)18-14-25(13-16-7-8-16)21-17-5-2-3-6-20(17)27-15-19(18)21/h2-3,5-6,16,18-19,21H,4,7-15H2,1H3/t18-,19+,21+/m1/s1. The molecule has 1 aliphatic carbocycles. The molecule has 1 aromatic carbocycles. The van der Waals surface area contributed by atoms with E-state index in [9.17, 15) is 4.79 Å². The number of benzene rings is 1. The van der Waals surface area contributed by atoms with Crippen molar-refractivity contribution < 1.29 is 9.53 Å². The fourth-order valence-electron chi connectivity index (χ4n) is 5.25. The van der Waals surface area contributed by atoms with Gasteiger partial charge in [0.05, 0.1) is 12.5 Å². The number of ether oxygens (including phenoxy) is 1. The average Bonchev–Trinajstić information content (AvgIpc) is 3.46. The highest BCUT2D eigenvalue weighted by atomic mass is 16.5. The van der Waals surface area contributed by atoms with Crippen LogP contribution in [0.25, 0.3) is 0 Å². The van der Waals surface area contributed by atoms with Gasteiger partial charge in [0.15, 0.2) is 0 Å². The van der Waals surface area contributed by atoms with E-state index >= 15 is 0 Å². The van der Waals surface area contributed by atoms with Crippen LogP contribution in [-0.2, 0) is 4.79 Å². The molecule has 0 radical (unpaired) electrons. The summed E-state index contributed by atoms with van der Waals surface area (Å²) in [5.41, 5.74) is 1.29. The van der Waals surface area contributed by atoms with Crippen LogP contribution in [0.2, 0.25) is 0 Å². The Morgan fingerprint density at radius 3 is 2.85 bits per heavy atom. The fraction of sp³-hybridized carbons (Fsp3) is 0.682. The van der Waals surface area contributed by atoms with Gasteiger partial charge in [0.2, 0.25) is 5.91 Å². The van der Waals surface area contributed by atoms with Crippen LogP contribution in [0, 0.1) is 17.8 Å². The van der Waals surface area contributed by atoms with Crippen LogP contribution in [0.1, 0.15) is 30.9 Å². The van der Waals surface area contributed by atoms with Crippen LogP contribution in [-0.4, -0.2) is 73.5 Å². The summed E-state index contributed by atoms with van der Waals surface area (Å²) >= 11 is 0. The number of hydrogen-bond acceptors (Lipinski definition) is 4. The molecule has 2 saturated heterocycles. The van der Waals surface area contributed by atoms with Crippen LogP contribution < -0.4 is 4.74 Å². The van der Waals surface area contributed by atoms with Gasteiger partial charge < -0.3 is 14.5 Å². The number of hydrogen-bond donors (Lipinski definition) is 0. The fourth-order valence-corrected chi connectivity index (χ4v) is 5.25. The van der Waals surface area contributed by atoms with Crippen molar-refractivity contribution in [2.45, 2.75) is 25.3 Å². The number of fused-ring (bicyclic) bond motifs is 3. The van der Waals surface area contributed by atoms with Crippen molar-refractivity contribution in [3.05, 3.63) is 29.8 Å². The molecule has 1 saturated carbocycles. The van der Waals surface area contributed by atoms with E-state index in [1.54, 1.807) is 0 Å². The molecule has 5 rings (SSSR count).